The summed E-state index contributed by atoms with van der Waals surface area (Å²) in [5.41, 5.74) is 0.645. The Bertz CT molecular complexity index is 715. The molecule has 6 nitrogen and oxygen atoms in total. The summed E-state index contributed by atoms with van der Waals surface area (Å²) in [5.74, 6) is -1.53. The number of carbonyl (C=O) groups excluding carboxylic acids is 1. The minimum absolute atomic E-state index is 0.219. The molecule has 2 aromatic rings. The standard InChI is InChI=1S/C12H10ClN3O3S/c13-10-8(16-3-4-20-12(16)14-10)1-2-9(17)15-5-7(6-15)11(18)19/h1-4,7H,5-6H2,(H,18,19). The number of thiazole rings is 1. The summed E-state index contributed by atoms with van der Waals surface area (Å²) >= 11 is 7.46. The van der Waals surface area contributed by atoms with Gasteiger partial charge < -0.3 is 10.0 Å². The van der Waals surface area contributed by atoms with E-state index in [-0.39, 0.29) is 19.0 Å². The van der Waals surface area contributed by atoms with E-state index < -0.39 is 11.9 Å². The number of carboxylic acid groups (broad SMARTS) is 1. The Labute approximate surface area is 122 Å². The Balaban J connectivity index is 1.71. The second-order valence-electron chi connectivity index (χ2n) is 4.46. The maximum absolute atomic E-state index is 11.9. The number of likely N-dealkylation sites (tertiary alicyclic amines) is 1. The van der Waals surface area contributed by atoms with Gasteiger partial charge in [0.25, 0.3) is 0 Å². The molecule has 1 aliphatic heterocycles. The number of imidazole rings is 1. The Morgan fingerprint density at radius 2 is 2.25 bits per heavy atom. The summed E-state index contributed by atoms with van der Waals surface area (Å²) in [6.45, 7) is 0.513. The summed E-state index contributed by atoms with van der Waals surface area (Å²) in [6, 6.07) is 0. The van der Waals surface area contributed by atoms with Gasteiger partial charge in [-0.3, -0.25) is 14.0 Å². The highest BCUT2D eigenvalue weighted by molar-refractivity contribution is 7.15. The molecule has 8 heteroatoms. The van der Waals surface area contributed by atoms with E-state index in [4.69, 9.17) is 16.7 Å². The topological polar surface area (TPSA) is 74.9 Å². The number of aliphatic carboxylic acids is 1. The SMILES string of the molecule is O=C(O)C1CN(C(=O)C=Cc2c(Cl)nc3sccn23)C1. The summed E-state index contributed by atoms with van der Waals surface area (Å²) < 4.78 is 1.80. The van der Waals surface area contributed by atoms with Crippen LogP contribution in [-0.4, -0.2) is 44.4 Å². The van der Waals surface area contributed by atoms with Crippen LogP contribution in [0.4, 0.5) is 0 Å². The van der Waals surface area contributed by atoms with Crippen molar-refractivity contribution in [2.24, 2.45) is 5.92 Å². The number of rotatable bonds is 3. The van der Waals surface area contributed by atoms with Crippen LogP contribution in [0.3, 0.4) is 0 Å². The minimum atomic E-state index is -0.864. The highest BCUT2D eigenvalue weighted by Gasteiger charge is 2.34. The van der Waals surface area contributed by atoms with Crippen LogP contribution in [0.1, 0.15) is 5.69 Å². The number of aromatic nitrogens is 2. The maximum atomic E-state index is 11.9. The second-order valence-corrected chi connectivity index (χ2v) is 5.69. The minimum Gasteiger partial charge on any atom is -0.481 e. The molecule has 1 N–H and O–H groups in total. The molecule has 2 aromatic heterocycles. The third-order valence-electron chi connectivity index (χ3n) is 3.18. The van der Waals surface area contributed by atoms with Gasteiger partial charge in [0.15, 0.2) is 10.1 Å². The molecule has 3 rings (SSSR count). The first-order valence-electron chi connectivity index (χ1n) is 5.87. The molecule has 104 valence electrons. The van der Waals surface area contributed by atoms with E-state index in [1.54, 1.807) is 10.5 Å². The van der Waals surface area contributed by atoms with Crippen molar-refractivity contribution in [3.8, 4) is 0 Å². The Hall–Kier alpha value is -1.86. The molecule has 1 fully saturated rings. The number of carboxylic acids is 1. The third kappa shape index (κ3) is 2.19. The van der Waals surface area contributed by atoms with Gasteiger partial charge in [-0.1, -0.05) is 11.6 Å². The first-order valence-corrected chi connectivity index (χ1v) is 7.13. The molecule has 0 aliphatic carbocycles. The number of hydrogen-bond donors (Lipinski definition) is 1. The zero-order valence-corrected chi connectivity index (χ0v) is 11.8. The highest BCUT2D eigenvalue weighted by Crippen LogP contribution is 2.23. The molecule has 0 radical (unpaired) electrons. The molecule has 1 saturated heterocycles. The van der Waals surface area contributed by atoms with Crippen molar-refractivity contribution in [1.29, 1.82) is 0 Å². The van der Waals surface area contributed by atoms with Crippen molar-refractivity contribution in [2.45, 2.75) is 0 Å². The number of fused-ring (bicyclic) bond motifs is 1. The van der Waals surface area contributed by atoms with Crippen molar-refractivity contribution < 1.29 is 14.7 Å². The van der Waals surface area contributed by atoms with Crippen LogP contribution in [0.25, 0.3) is 11.0 Å². The summed E-state index contributed by atoms with van der Waals surface area (Å²) in [6.07, 6.45) is 4.82. The van der Waals surface area contributed by atoms with E-state index in [1.807, 2.05) is 11.6 Å². The van der Waals surface area contributed by atoms with E-state index in [2.05, 4.69) is 4.98 Å². The molecule has 0 atom stereocenters. The average Bonchev–Trinajstić information content (AvgIpc) is 2.84. The maximum Gasteiger partial charge on any atom is 0.310 e. The van der Waals surface area contributed by atoms with Gasteiger partial charge in [-0.25, -0.2) is 4.98 Å². The predicted octanol–water partition coefficient (Wildman–Crippen LogP) is 1.61. The van der Waals surface area contributed by atoms with E-state index in [0.717, 1.165) is 4.96 Å². The predicted molar refractivity (Wildman–Crippen MR) is 74.8 cm³/mol. The largest absolute Gasteiger partial charge is 0.481 e. The Kier molecular flexibility index (Phi) is 3.23. The molecule has 3 heterocycles. The number of hydrogen-bond acceptors (Lipinski definition) is 4. The van der Waals surface area contributed by atoms with Crippen LogP contribution >= 0.6 is 22.9 Å². The first-order chi connectivity index (χ1) is 9.56. The van der Waals surface area contributed by atoms with E-state index in [9.17, 15) is 9.59 Å². The number of carbonyl (C=O) groups is 2. The lowest BCUT2D eigenvalue weighted by molar-refractivity contribution is -0.151. The summed E-state index contributed by atoms with van der Waals surface area (Å²) in [7, 11) is 0. The van der Waals surface area contributed by atoms with Gasteiger partial charge in [-0.2, -0.15) is 0 Å². The fourth-order valence-electron chi connectivity index (χ4n) is 2.00. The molecule has 1 aliphatic rings. The van der Waals surface area contributed by atoms with Gasteiger partial charge >= 0.3 is 5.97 Å². The van der Waals surface area contributed by atoms with Crippen LogP contribution < -0.4 is 0 Å². The van der Waals surface area contributed by atoms with Crippen molar-refractivity contribution in [3.05, 3.63) is 28.5 Å². The molecule has 20 heavy (non-hydrogen) atoms. The summed E-state index contributed by atoms with van der Waals surface area (Å²) in [5, 5.41) is 11.0. The number of amides is 1. The molecule has 0 saturated carbocycles. The third-order valence-corrected chi connectivity index (χ3v) is 4.22. The van der Waals surface area contributed by atoms with Gasteiger partial charge in [0.1, 0.15) is 0 Å². The molecule has 0 spiro atoms. The van der Waals surface area contributed by atoms with Crippen LogP contribution in [0.15, 0.2) is 17.7 Å². The zero-order chi connectivity index (χ0) is 14.3. The van der Waals surface area contributed by atoms with Gasteiger partial charge in [0.2, 0.25) is 5.91 Å². The molecule has 1 amide bonds. The lowest BCUT2D eigenvalue weighted by Gasteiger charge is -2.35. The molecule has 0 bridgehead atoms. The fraction of sp³-hybridized carbons (Fsp3) is 0.250. The fourth-order valence-corrected chi connectivity index (χ4v) is 3.00. The molecule has 0 aromatic carbocycles. The number of nitrogens with zero attached hydrogens (tertiary/aromatic N) is 3. The van der Waals surface area contributed by atoms with Crippen molar-refractivity contribution >= 4 is 45.9 Å². The van der Waals surface area contributed by atoms with E-state index >= 15 is 0 Å². The summed E-state index contributed by atoms with van der Waals surface area (Å²) in [4.78, 5) is 28.9. The monoisotopic (exact) mass is 311 g/mol. The van der Waals surface area contributed by atoms with Gasteiger partial charge in [-0.15, -0.1) is 11.3 Å². The van der Waals surface area contributed by atoms with E-state index in [0.29, 0.717) is 10.8 Å². The van der Waals surface area contributed by atoms with Gasteiger partial charge in [-0.05, 0) is 6.08 Å². The first kappa shape index (κ1) is 13.1. The van der Waals surface area contributed by atoms with Crippen LogP contribution in [0.5, 0.6) is 0 Å². The molecular formula is C12H10ClN3O3S. The highest BCUT2D eigenvalue weighted by atomic mass is 35.5. The smallest absolute Gasteiger partial charge is 0.310 e. The van der Waals surface area contributed by atoms with Crippen molar-refractivity contribution in [1.82, 2.24) is 14.3 Å². The quantitative estimate of drug-likeness (QED) is 0.874. The second kappa shape index (κ2) is 4.92. The van der Waals surface area contributed by atoms with Crippen LogP contribution in [0.2, 0.25) is 5.15 Å². The van der Waals surface area contributed by atoms with Crippen molar-refractivity contribution in [3.63, 3.8) is 0 Å². The van der Waals surface area contributed by atoms with Gasteiger partial charge in [0, 0.05) is 30.7 Å². The van der Waals surface area contributed by atoms with Crippen LogP contribution in [0, 0.1) is 5.92 Å². The molecular weight excluding hydrogens is 302 g/mol. The number of halogens is 1. The Morgan fingerprint density at radius 1 is 1.50 bits per heavy atom. The zero-order valence-electron chi connectivity index (χ0n) is 10.2. The van der Waals surface area contributed by atoms with Crippen molar-refractivity contribution in [2.75, 3.05) is 13.1 Å². The molecule has 0 unspecified atom stereocenters. The van der Waals surface area contributed by atoms with E-state index in [1.165, 1.54) is 22.3 Å². The lowest BCUT2D eigenvalue weighted by Crippen LogP contribution is -2.52. The van der Waals surface area contributed by atoms with Gasteiger partial charge in [0.05, 0.1) is 11.6 Å². The normalized spacial score (nSPS) is 15.9. The lowest BCUT2D eigenvalue weighted by atomic mass is 10.0. The van der Waals surface area contributed by atoms with Crippen LogP contribution in [-0.2, 0) is 9.59 Å². The average molecular weight is 312 g/mol. The Morgan fingerprint density at radius 3 is 2.95 bits per heavy atom.